The highest BCUT2D eigenvalue weighted by Gasteiger charge is 2.09. The highest BCUT2D eigenvalue weighted by molar-refractivity contribution is 6.31. The van der Waals surface area contributed by atoms with E-state index in [-0.39, 0.29) is 11.6 Å². The van der Waals surface area contributed by atoms with Gasteiger partial charge in [0.25, 0.3) is 5.91 Å². The zero-order valence-electron chi connectivity index (χ0n) is 12.9. The molecule has 0 spiro atoms. The highest BCUT2D eigenvalue weighted by Crippen LogP contribution is 2.22. The van der Waals surface area contributed by atoms with Crippen molar-refractivity contribution in [1.29, 1.82) is 0 Å². The molecule has 7 heteroatoms. The predicted molar refractivity (Wildman–Crippen MR) is 91.4 cm³/mol. The van der Waals surface area contributed by atoms with Gasteiger partial charge in [0.05, 0.1) is 25.2 Å². The normalized spacial score (nSPS) is 10.4. The molecule has 2 heterocycles. The Morgan fingerprint density at radius 3 is 2.79 bits per heavy atom. The number of hydrogen-bond acceptors (Lipinski definition) is 5. The Balaban J connectivity index is 1.62. The van der Waals surface area contributed by atoms with Gasteiger partial charge in [-0.05, 0) is 36.8 Å². The summed E-state index contributed by atoms with van der Waals surface area (Å²) in [6.45, 7) is 2.23. The second-order valence-corrected chi connectivity index (χ2v) is 5.55. The van der Waals surface area contributed by atoms with Crippen LogP contribution in [0.15, 0.2) is 53.4 Å². The van der Waals surface area contributed by atoms with Gasteiger partial charge in [0.1, 0.15) is 17.3 Å². The zero-order valence-corrected chi connectivity index (χ0v) is 13.7. The van der Waals surface area contributed by atoms with E-state index in [0.717, 1.165) is 11.3 Å². The average molecular weight is 343 g/mol. The summed E-state index contributed by atoms with van der Waals surface area (Å²) in [6.07, 6.45) is 4.46. The number of aryl methyl sites for hydroxylation is 1. The third-order valence-corrected chi connectivity index (χ3v) is 3.74. The second-order valence-electron chi connectivity index (χ2n) is 5.14. The van der Waals surface area contributed by atoms with E-state index in [0.29, 0.717) is 23.1 Å². The van der Waals surface area contributed by atoms with Crippen molar-refractivity contribution >= 4 is 29.0 Å². The number of nitrogens with one attached hydrogen (secondary N) is 2. The summed E-state index contributed by atoms with van der Waals surface area (Å²) in [4.78, 5) is 20.3. The van der Waals surface area contributed by atoms with Gasteiger partial charge in [0.2, 0.25) is 0 Å². The molecule has 3 aromatic rings. The molecular formula is C17H15ClN4O2. The number of benzene rings is 1. The van der Waals surface area contributed by atoms with E-state index in [4.69, 9.17) is 16.0 Å². The zero-order chi connectivity index (χ0) is 16.9. The average Bonchev–Trinajstić information content (AvgIpc) is 3.10. The highest BCUT2D eigenvalue weighted by atomic mass is 35.5. The molecule has 0 aliphatic carbocycles. The number of anilines is 2. The van der Waals surface area contributed by atoms with Crippen LogP contribution in [0, 0.1) is 6.92 Å². The Labute approximate surface area is 143 Å². The van der Waals surface area contributed by atoms with Crippen LogP contribution in [0.5, 0.6) is 0 Å². The molecule has 0 saturated heterocycles. The number of hydrogen-bond donors (Lipinski definition) is 2. The lowest BCUT2D eigenvalue weighted by molar-refractivity contribution is 0.0942. The number of amides is 1. The van der Waals surface area contributed by atoms with Crippen LogP contribution in [0.4, 0.5) is 11.5 Å². The number of aromatic nitrogens is 2. The number of halogens is 1. The molecule has 0 bridgehead atoms. The molecule has 0 atom stereocenters. The van der Waals surface area contributed by atoms with Crippen LogP contribution in [-0.4, -0.2) is 15.9 Å². The minimum atomic E-state index is -0.316. The van der Waals surface area contributed by atoms with Gasteiger partial charge in [-0.3, -0.25) is 4.79 Å². The molecule has 1 aromatic carbocycles. The summed E-state index contributed by atoms with van der Waals surface area (Å²) in [6, 6.07) is 9.16. The fourth-order valence-corrected chi connectivity index (χ4v) is 2.18. The van der Waals surface area contributed by atoms with E-state index in [1.807, 2.05) is 25.1 Å². The molecule has 0 saturated carbocycles. The monoisotopic (exact) mass is 342 g/mol. The Morgan fingerprint density at radius 2 is 2.12 bits per heavy atom. The maximum absolute atomic E-state index is 12.0. The molecule has 6 nitrogen and oxygen atoms in total. The Hall–Kier alpha value is -2.86. The van der Waals surface area contributed by atoms with Crippen molar-refractivity contribution in [3.05, 3.63) is 71.0 Å². The Kier molecular flexibility index (Phi) is 4.77. The number of nitrogens with zero attached hydrogens (tertiary/aromatic N) is 2. The van der Waals surface area contributed by atoms with Crippen molar-refractivity contribution in [2.75, 3.05) is 5.32 Å². The molecule has 122 valence electrons. The second kappa shape index (κ2) is 7.14. The fourth-order valence-electron chi connectivity index (χ4n) is 2.00. The van der Waals surface area contributed by atoms with E-state index < -0.39 is 0 Å². The van der Waals surface area contributed by atoms with E-state index in [1.54, 1.807) is 18.4 Å². The largest absolute Gasteiger partial charge is 0.467 e. The first kappa shape index (κ1) is 16.0. The lowest BCUT2D eigenvalue weighted by atomic mass is 10.2. The third-order valence-electron chi connectivity index (χ3n) is 3.33. The summed E-state index contributed by atoms with van der Waals surface area (Å²) in [5, 5.41) is 6.47. The van der Waals surface area contributed by atoms with Gasteiger partial charge in [-0.15, -0.1) is 0 Å². The molecule has 1 amide bonds. The van der Waals surface area contributed by atoms with Gasteiger partial charge >= 0.3 is 0 Å². The van der Waals surface area contributed by atoms with Gasteiger partial charge in [0.15, 0.2) is 0 Å². The molecule has 24 heavy (non-hydrogen) atoms. The summed E-state index contributed by atoms with van der Waals surface area (Å²) < 4.78 is 5.15. The van der Waals surface area contributed by atoms with Crippen LogP contribution < -0.4 is 10.6 Å². The molecule has 0 fully saturated rings. The lowest BCUT2D eigenvalue weighted by Crippen LogP contribution is -2.23. The first-order chi connectivity index (χ1) is 11.6. The molecular weight excluding hydrogens is 328 g/mol. The standard InChI is InChI=1S/C17H15ClN4O2/c1-11-4-5-12(7-14(11)18)22-16-10-19-15(9-20-16)17(23)21-8-13-3-2-6-24-13/h2-7,9-10H,8H2,1H3,(H,20,22)(H,21,23). The minimum Gasteiger partial charge on any atom is -0.467 e. The first-order valence-corrected chi connectivity index (χ1v) is 7.65. The number of furan rings is 1. The molecule has 2 N–H and O–H groups in total. The molecule has 2 aromatic heterocycles. The Bertz CT molecular complexity index is 832. The van der Waals surface area contributed by atoms with Crippen molar-refractivity contribution in [3.63, 3.8) is 0 Å². The van der Waals surface area contributed by atoms with Crippen LogP contribution in [0.3, 0.4) is 0 Å². The predicted octanol–water partition coefficient (Wildman–Crippen LogP) is 3.71. The van der Waals surface area contributed by atoms with Crippen molar-refractivity contribution in [2.24, 2.45) is 0 Å². The maximum atomic E-state index is 12.0. The van der Waals surface area contributed by atoms with Gasteiger partial charge in [-0.1, -0.05) is 17.7 Å². The van der Waals surface area contributed by atoms with E-state index in [1.165, 1.54) is 12.4 Å². The number of rotatable bonds is 5. The number of carbonyl (C=O) groups excluding carboxylic acids is 1. The smallest absolute Gasteiger partial charge is 0.271 e. The van der Waals surface area contributed by atoms with Crippen LogP contribution in [0.1, 0.15) is 21.8 Å². The van der Waals surface area contributed by atoms with Crippen molar-refractivity contribution in [1.82, 2.24) is 15.3 Å². The quantitative estimate of drug-likeness (QED) is 0.739. The Morgan fingerprint density at radius 1 is 1.25 bits per heavy atom. The minimum absolute atomic E-state index is 0.231. The molecule has 0 unspecified atom stereocenters. The fraction of sp³-hybridized carbons (Fsp3) is 0.118. The summed E-state index contributed by atoms with van der Waals surface area (Å²) >= 11 is 6.09. The van der Waals surface area contributed by atoms with E-state index in [9.17, 15) is 4.79 Å². The summed E-state index contributed by atoms with van der Waals surface area (Å²) in [5.41, 5.74) is 2.03. The number of carbonyl (C=O) groups is 1. The molecule has 0 aliphatic heterocycles. The third kappa shape index (κ3) is 3.91. The van der Waals surface area contributed by atoms with E-state index in [2.05, 4.69) is 20.6 Å². The van der Waals surface area contributed by atoms with Crippen LogP contribution in [0.2, 0.25) is 5.02 Å². The SMILES string of the molecule is Cc1ccc(Nc2cnc(C(=O)NCc3ccco3)cn2)cc1Cl. The van der Waals surface area contributed by atoms with Crippen molar-refractivity contribution in [2.45, 2.75) is 13.5 Å². The van der Waals surface area contributed by atoms with Gasteiger partial charge in [-0.25, -0.2) is 9.97 Å². The van der Waals surface area contributed by atoms with Crippen molar-refractivity contribution < 1.29 is 9.21 Å². The molecule has 0 radical (unpaired) electrons. The summed E-state index contributed by atoms with van der Waals surface area (Å²) in [7, 11) is 0. The summed E-state index contributed by atoms with van der Waals surface area (Å²) in [5.74, 6) is 0.882. The molecule has 0 aliphatic rings. The van der Waals surface area contributed by atoms with Crippen LogP contribution >= 0.6 is 11.6 Å². The van der Waals surface area contributed by atoms with E-state index >= 15 is 0 Å². The molecule has 3 rings (SSSR count). The van der Waals surface area contributed by atoms with Gasteiger partial charge < -0.3 is 15.1 Å². The first-order valence-electron chi connectivity index (χ1n) is 7.27. The maximum Gasteiger partial charge on any atom is 0.271 e. The van der Waals surface area contributed by atoms with Crippen LogP contribution in [0.25, 0.3) is 0 Å². The van der Waals surface area contributed by atoms with Crippen molar-refractivity contribution in [3.8, 4) is 0 Å². The van der Waals surface area contributed by atoms with Gasteiger partial charge in [0, 0.05) is 10.7 Å². The van der Waals surface area contributed by atoms with Gasteiger partial charge in [-0.2, -0.15) is 0 Å². The van der Waals surface area contributed by atoms with Crippen LogP contribution in [-0.2, 0) is 6.54 Å². The lowest BCUT2D eigenvalue weighted by Gasteiger charge is -2.07. The topological polar surface area (TPSA) is 80.0 Å².